The molecule has 1 aliphatic heterocycles. The van der Waals surface area contributed by atoms with E-state index in [4.69, 9.17) is 0 Å². The monoisotopic (exact) mass is 268 g/mol. The molecule has 0 aliphatic carbocycles. The highest BCUT2D eigenvalue weighted by Crippen LogP contribution is 2.48. The molecule has 0 aromatic heterocycles. The molecule has 2 rings (SSSR count). The lowest BCUT2D eigenvalue weighted by Crippen LogP contribution is -2.10. The maximum Gasteiger partial charge on any atom is 0.0773 e. The fourth-order valence-corrected chi connectivity index (χ4v) is 4.33. The maximum atomic E-state index is 4.43. The van der Waals surface area contributed by atoms with Crippen LogP contribution in [0.5, 0.6) is 0 Å². The smallest absolute Gasteiger partial charge is 0.0773 e. The fraction of sp³-hybridized carbons (Fsp3) is 0.385. The Balaban J connectivity index is 2.23. The molecule has 3 heteroatoms. The van der Waals surface area contributed by atoms with Gasteiger partial charge in [0.25, 0.3) is 0 Å². The molecule has 0 amide bonds. The number of hydrogen-bond donors (Lipinski definition) is 1. The highest BCUT2D eigenvalue weighted by Gasteiger charge is 2.17. The van der Waals surface area contributed by atoms with Crippen molar-refractivity contribution in [2.45, 2.75) is 30.8 Å². The van der Waals surface area contributed by atoms with Crippen LogP contribution in [0.3, 0.4) is 0 Å². The van der Waals surface area contributed by atoms with Crippen molar-refractivity contribution < 1.29 is 0 Å². The van der Waals surface area contributed by atoms with Gasteiger partial charge in [-0.25, -0.2) is 0 Å². The molecule has 86 valence electrons. The van der Waals surface area contributed by atoms with Crippen molar-refractivity contribution in [3.63, 3.8) is 0 Å². The van der Waals surface area contributed by atoms with Gasteiger partial charge in [0.15, 0.2) is 0 Å². The molecule has 1 aromatic rings. The van der Waals surface area contributed by atoms with Crippen molar-refractivity contribution in [1.82, 2.24) is 0 Å². The summed E-state index contributed by atoms with van der Waals surface area (Å²) < 4.78 is 0.335. The summed E-state index contributed by atoms with van der Waals surface area (Å²) in [6.07, 6.45) is 2.21. The van der Waals surface area contributed by atoms with Gasteiger partial charge in [-0.15, -0.1) is 0 Å². The maximum absolute atomic E-state index is 4.43. The molecule has 1 heterocycles. The molecule has 1 unspecified atom stereocenters. The van der Waals surface area contributed by atoms with Crippen molar-refractivity contribution in [3.8, 4) is 0 Å². The third kappa shape index (κ3) is 2.82. The molecule has 0 spiro atoms. The van der Waals surface area contributed by atoms with Crippen molar-refractivity contribution in [2.24, 2.45) is 0 Å². The second kappa shape index (κ2) is 4.71. The quantitative estimate of drug-likeness (QED) is 0.564. The van der Waals surface area contributed by atoms with Crippen LogP contribution in [0.1, 0.15) is 31.9 Å². The van der Waals surface area contributed by atoms with Gasteiger partial charge >= 0.3 is 0 Å². The van der Waals surface area contributed by atoms with Crippen LogP contribution >= 0.6 is 34.2 Å². The second-order valence-corrected chi connectivity index (χ2v) is 8.22. The molecule has 0 nitrogen and oxygen atoms in total. The van der Waals surface area contributed by atoms with Gasteiger partial charge in [-0.2, -0.15) is 12.6 Å². The second-order valence-electron chi connectivity index (χ2n) is 4.93. The van der Waals surface area contributed by atoms with Crippen molar-refractivity contribution >= 4 is 39.1 Å². The van der Waals surface area contributed by atoms with Crippen LogP contribution < -0.4 is 0 Å². The van der Waals surface area contributed by atoms with Crippen LogP contribution in [0.25, 0.3) is 4.91 Å². The summed E-state index contributed by atoms with van der Waals surface area (Å²) in [4.78, 5) is 1.34. The molecular weight excluding hydrogens is 252 g/mol. The van der Waals surface area contributed by atoms with Crippen molar-refractivity contribution in [3.05, 3.63) is 41.5 Å². The number of hydrogen-bond acceptors (Lipinski definition) is 3. The zero-order valence-electron chi connectivity index (χ0n) is 9.73. The minimum Gasteiger partial charge on any atom is -0.160 e. The largest absolute Gasteiger partial charge is 0.160 e. The summed E-state index contributed by atoms with van der Waals surface area (Å²) in [5, 5.41) is 0. The Morgan fingerprint density at radius 1 is 1.12 bits per heavy atom. The van der Waals surface area contributed by atoms with E-state index in [0.29, 0.717) is 4.58 Å². The zero-order valence-corrected chi connectivity index (χ0v) is 12.3. The Labute approximate surface area is 111 Å². The molecule has 0 bridgehead atoms. The molecule has 0 saturated carbocycles. The van der Waals surface area contributed by atoms with E-state index in [1.54, 1.807) is 10.8 Å². The normalized spacial score (nSPS) is 21.0. The summed E-state index contributed by atoms with van der Waals surface area (Å²) in [6, 6.07) is 8.89. The number of thiol groups is 1. The molecule has 1 aromatic carbocycles. The first-order chi connectivity index (χ1) is 7.47. The first-order valence-electron chi connectivity index (χ1n) is 5.31. The Bertz CT molecular complexity index is 398. The lowest BCUT2D eigenvalue weighted by molar-refractivity contribution is 0.590. The lowest BCUT2D eigenvalue weighted by Gasteiger charge is -2.19. The molecule has 0 saturated heterocycles. The standard InChI is InChI=1S/C13H16S3/c1-13(2,3)10-6-4-9(5-7-10)11-8-12(14)16-15-11/h4-8,12,14H,1-3H3. The number of rotatable bonds is 1. The Morgan fingerprint density at radius 2 is 1.75 bits per heavy atom. The Morgan fingerprint density at radius 3 is 2.19 bits per heavy atom. The molecule has 0 fully saturated rings. The van der Waals surface area contributed by atoms with E-state index in [2.05, 4.69) is 63.7 Å². The van der Waals surface area contributed by atoms with Crippen LogP contribution in [-0.2, 0) is 5.41 Å². The van der Waals surface area contributed by atoms with Gasteiger partial charge in [0.1, 0.15) is 0 Å². The molecule has 16 heavy (non-hydrogen) atoms. The predicted octanol–water partition coefficient (Wildman–Crippen LogP) is 4.98. The van der Waals surface area contributed by atoms with Crippen molar-refractivity contribution in [1.29, 1.82) is 0 Å². The van der Waals surface area contributed by atoms with Gasteiger partial charge in [-0.3, -0.25) is 0 Å². The molecule has 0 radical (unpaired) electrons. The highest BCUT2D eigenvalue weighted by atomic mass is 33.1. The van der Waals surface area contributed by atoms with Gasteiger partial charge < -0.3 is 0 Å². The number of benzene rings is 1. The average molecular weight is 268 g/mol. The van der Waals surface area contributed by atoms with E-state index in [1.165, 1.54) is 16.0 Å². The van der Waals surface area contributed by atoms with Gasteiger partial charge in [-0.05, 0) is 22.6 Å². The van der Waals surface area contributed by atoms with Crippen LogP contribution in [0.4, 0.5) is 0 Å². The summed E-state index contributed by atoms with van der Waals surface area (Å²) in [5.41, 5.74) is 2.92. The molecule has 1 atom stereocenters. The highest BCUT2D eigenvalue weighted by molar-refractivity contribution is 8.82. The molecule has 1 aliphatic rings. The van der Waals surface area contributed by atoms with Crippen LogP contribution in [0.15, 0.2) is 30.3 Å². The minimum absolute atomic E-state index is 0.233. The Hall–Kier alpha value is 0.01000. The van der Waals surface area contributed by atoms with Gasteiger partial charge in [0.2, 0.25) is 0 Å². The fourth-order valence-electron chi connectivity index (χ4n) is 1.57. The van der Waals surface area contributed by atoms with Crippen LogP contribution in [0, 0.1) is 0 Å². The van der Waals surface area contributed by atoms with E-state index in [9.17, 15) is 0 Å². The minimum atomic E-state index is 0.233. The van der Waals surface area contributed by atoms with Crippen molar-refractivity contribution in [2.75, 3.05) is 0 Å². The summed E-state index contributed by atoms with van der Waals surface area (Å²) in [6.45, 7) is 6.72. The summed E-state index contributed by atoms with van der Waals surface area (Å²) >= 11 is 4.43. The Kier molecular flexibility index (Phi) is 3.67. The predicted molar refractivity (Wildman–Crippen MR) is 81.1 cm³/mol. The van der Waals surface area contributed by atoms with Gasteiger partial charge in [-0.1, -0.05) is 66.6 Å². The van der Waals surface area contributed by atoms with E-state index < -0.39 is 0 Å². The van der Waals surface area contributed by atoms with E-state index in [1.807, 2.05) is 10.8 Å². The van der Waals surface area contributed by atoms with Gasteiger partial charge in [0.05, 0.1) is 4.58 Å². The third-order valence-electron chi connectivity index (χ3n) is 2.57. The van der Waals surface area contributed by atoms with Gasteiger partial charge in [0, 0.05) is 4.91 Å². The lowest BCUT2D eigenvalue weighted by atomic mass is 9.87. The molecular formula is C13H16S3. The zero-order chi connectivity index (χ0) is 11.8. The SMILES string of the molecule is CC(C)(C)c1ccc(C2=CC(S)SS2)cc1. The van der Waals surface area contributed by atoms with Crippen LogP contribution in [0.2, 0.25) is 0 Å². The summed E-state index contributed by atoms with van der Waals surface area (Å²) in [7, 11) is 3.62. The average Bonchev–Trinajstić information content (AvgIpc) is 2.64. The van der Waals surface area contributed by atoms with E-state index >= 15 is 0 Å². The third-order valence-corrected chi connectivity index (χ3v) is 5.89. The first kappa shape index (κ1) is 12.5. The first-order valence-corrected chi connectivity index (χ1v) is 8.04. The topological polar surface area (TPSA) is 0 Å². The van der Waals surface area contributed by atoms with E-state index in [-0.39, 0.29) is 5.41 Å². The summed E-state index contributed by atoms with van der Waals surface area (Å²) in [5.74, 6) is 0. The van der Waals surface area contributed by atoms with E-state index in [0.717, 1.165) is 0 Å². The van der Waals surface area contributed by atoms with Crippen LogP contribution in [-0.4, -0.2) is 4.58 Å². The molecule has 0 N–H and O–H groups in total.